The van der Waals surface area contributed by atoms with E-state index in [4.69, 9.17) is 10.9 Å². The maximum atomic E-state index is 12.2. The van der Waals surface area contributed by atoms with E-state index in [1.165, 1.54) is 17.6 Å². The van der Waals surface area contributed by atoms with Crippen LogP contribution in [0.4, 0.5) is 0 Å². The number of hydrogen-bond donors (Lipinski definition) is 5. The third-order valence-corrected chi connectivity index (χ3v) is 4.73. The molecule has 0 saturated carbocycles. The maximum Gasteiger partial charge on any atom is 0.267 e. The van der Waals surface area contributed by atoms with Gasteiger partial charge in [0, 0.05) is 29.8 Å². The molecule has 2 aromatic carbocycles. The van der Waals surface area contributed by atoms with E-state index in [0.717, 1.165) is 11.8 Å². The van der Waals surface area contributed by atoms with Crippen molar-refractivity contribution in [3.63, 3.8) is 0 Å². The molecule has 0 aliphatic heterocycles. The van der Waals surface area contributed by atoms with Crippen LogP contribution in [0.3, 0.4) is 0 Å². The summed E-state index contributed by atoms with van der Waals surface area (Å²) < 4.78 is 24.8. The summed E-state index contributed by atoms with van der Waals surface area (Å²) in [5, 5.41) is 11.1. The fourth-order valence-corrected chi connectivity index (χ4v) is 2.87. The fraction of sp³-hybridized carbons (Fsp3) is 0.217. The van der Waals surface area contributed by atoms with Crippen molar-refractivity contribution in [2.24, 2.45) is 5.73 Å². The van der Waals surface area contributed by atoms with Gasteiger partial charge in [0.25, 0.3) is 11.8 Å². The minimum Gasteiger partial charge on any atom is -0.339 e. The Morgan fingerprint density at radius 3 is 2.27 bits per heavy atom. The topological polar surface area (TPSA) is 151 Å². The van der Waals surface area contributed by atoms with Gasteiger partial charge in [0.05, 0.1) is 6.26 Å². The fourth-order valence-electron chi connectivity index (χ4n) is 2.44. The zero-order chi connectivity index (χ0) is 23.6. The quantitative estimate of drug-likeness (QED) is 0.224. The van der Waals surface area contributed by atoms with Gasteiger partial charge in [0.1, 0.15) is 6.04 Å². The second-order valence-corrected chi connectivity index (χ2v) is 8.44. The lowest BCUT2D eigenvalue weighted by molar-refractivity contribution is -0.130. The Kier molecular flexibility index (Phi) is 10.8. The minimum absolute atomic E-state index is 0. The molecule has 0 aliphatic rings. The predicted octanol–water partition coefficient (Wildman–Crippen LogP) is 0.338. The highest BCUT2D eigenvalue weighted by Gasteiger charge is 2.19. The first-order chi connectivity index (χ1) is 15.2. The molecule has 0 aliphatic carbocycles. The standard InChI is InChI=1S/C22H22N4O5S.CH4/c1-32(30,31)24-15-18-8-4-7-17(13-18)6-3-2-5-16-9-11-19(12-10-16)21(27)25-20(14-23)22(28)26-29;/h4,7-13,20,24,29H,14-15,23H2,1H3,(H,25,27)(H,26,28);1H4/t20-;/m0./s1. The van der Waals surface area contributed by atoms with E-state index in [0.29, 0.717) is 16.7 Å². The Bertz CT molecular complexity index is 1200. The van der Waals surface area contributed by atoms with Crippen LogP contribution in [0.15, 0.2) is 48.5 Å². The molecule has 2 rings (SSSR count). The van der Waals surface area contributed by atoms with E-state index in [-0.39, 0.29) is 20.5 Å². The van der Waals surface area contributed by atoms with Gasteiger partial charge in [-0.3, -0.25) is 14.8 Å². The molecule has 0 aromatic heterocycles. The highest BCUT2D eigenvalue weighted by Crippen LogP contribution is 2.05. The number of amides is 2. The molecule has 0 heterocycles. The van der Waals surface area contributed by atoms with Gasteiger partial charge in [-0.1, -0.05) is 31.4 Å². The molecule has 33 heavy (non-hydrogen) atoms. The number of carbonyl (C=O) groups excluding carboxylic acids is 2. The Balaban J connectivity index is 0.00000544. The molecule has 0 spiro atoms. The summed E-state index contributed by atoms with van der Waals surface area (Å²) in [6.45, 7) is 0.00808. The maximum absolute atomic E-state index is 12.2. The SMILES string of the molecule is C.CS(=O)(=O)NCc1cccc(C#CC#Cc2ccc(C(=O)N[C@@H](CN)C(=O)NO)cc2)c1. The third-order valence-electron chi connectivity index (χ3n) is 4.06. The molecule has 0 unspecified atom stereocenters. The van der Waals surface area contributed by atoms with Gasteiger partial charge in [0.15, 0.2) is 0 Å². The summed E-state index contributed by atoms with van der Waals surface area (Å²) in [4.78, 5) is 23.6. The first kappa shape index (κ1) is 27.4. The van der Waals surface area contributed by atoms with Crippen LogP contribution in [0.25, 0.3) is 0 Å². The van der Waals surface area contributed by atoms with Crippen molar-refractivity contribution in [2.75, 3.05) is 12.8 Å². The van der Waals surface area contributed by atoms with Crippen molar-refractivity contribution in [1.82, 2.24) is 15.5 Å². The third kappa shape index (κ3) is 9.56. The van der Waals surface area contributed by atoms with Crippen LogP contribution < -0.4 is 21.3 Å². The van der Waals surface area contributed by atoms with Crippen molar-refractivity contribution in [1.29, 1.82) is 0 Å². The molecule has 6 N–H and O–H groups in total. The van der Waals surface area contributed by atoms with Crippen LogP contribution in [-0.4, -0.2) is 44.3 Å². The lowest BCUT2D eigenvalue weighted by Crippen LogP contribution is -2.50. The van der Waals surface area contributed by atoms with Gasteiger partial charge < -0.3 is 11.1 Å². The molecule has 1 atom stereocenters. The zero-order valence-corrected chi connectivity index (χ0v) is 18.0. The van der Waals surface area contributed by atoms with E-state index in [1.54, 1.807) is 36.4 Å². The predicted molar refractivity (Wildman–Crippen MR) is 125 cm³/mol. The van der Waals surface area contributed by atoms with E-state index < -0.39 is 27.9 Å². The van der Waals surface area contributed by atoms with Crippen molar-refractivity contribution in [2.45, 2.75) is 20.0 Å². The minimum atomic E-state index is -3.27. The van der Waals surface area contributed by atoms with Gasteiger partial charge in [-0.15, -0.1) is 0 Å². The summed E-state index contributed by atoms with van der Waals surface area (Å²) in [5.74, 6) is 9.87. The Morgan fingerprint density at radius 1 is 1.06 bits per heavy atom. The Labute approximate surface area is 193 Å². The number of hydrogen-bond acceptors (Lipinski definition) is 6. The Hall–Kier alpha value is -3.67. The van der Waals surface area contributed by atoms with E-state index >= 15 is 0 Å². The van der Waals surface area contributed by atoms with Gasteiger partial charge in [0.2, 0.25) is 10.0 Å². The highest BCUT2D eigenvalue weighted by atomic mass is 32.2. The van der Waals surface area contributed by atoms with Gasteiger partial charge in [-0.05, 0) is 53.8 Å². The highest BCUT2D eigenvalue weighted by molar-refractivity contribution is 7.88. The summed E-state index contributed by atoms with van der Waals surface area (Å²) in [5.41, 5.74) is 9.25. The number of rotatable bonds is 7. The van der Waals surface area contributed by atoms with E-state index in [1.807, 2.05) is 0 Å². The van der Waals surface area contributed by atoms with Gasteiger partial charge in [-0.2, -0.15) is 0 Å². The van der Waals surface area contributed by atoms with Crippen molar-refractivity contribution in [3.8, 4) is 23.7 Å². The lowest BCUT2D eigenvalue weighted by Gasteiger charge is -2.14. The van der Waals surface area contributed by atoms with Crippen LogP contribution in [0.5, 0.6) is 0 Å². The molecule has 10 heteroatoms. The first-order valence-electron chi connectivity index (χ1n) is 9.32. The largest absolute Gasteiger partial charge is 0.339 e. The number of benzene rings is 2. The average molecular weight is 471 g/mol. The molecule has 0 bridgehead atoms. The van der Waals surface area contributed by atoms with Crippen LogP contribution in [0.1, 0.15) is 34.5 Å². The zero-order valence-electron chi connectivity index (χ0n) is 17.2. The second kappa shape index (κ2) is 13.0. The number of nitrogens with two attached hydrogens (primary N) is 1. The van der Waals surface area contributed by atoms with Crippen LogP contribution in [0, 0.1) is 23.7 Å². The average Bonchev–Trinajstić information content (AvgIpc) is 2.78. The molecule has 0 saturated heterocycles. The second-order valence-electron chi connectivity index (χ2n) is 6.61. The normalized spacial score (nSPS) is 10.9. The molecule has 0 fully saturated rings. The van der Waals surface area contributed by atoms with Gasteiger partial charge >= 0.3 is 0 Å². The van der Waals surface area contributed by atoms with Gasteiger partial charge in [-0.25, -0.2) is 18.6 Å². The van der Waals surface area contributed by atoms with Crippen molar-refractivity contribution < 1.29 is 23.2 Å². The summed E-state index contributed by atoms with van der Waals surface area (Å²) in [6.07, 6.45) is 1.10. The number of carbonyl (C=O) groups is 2. The number of hydroxylamine groups is 1. The molecule has 9 nitrogen and oxygen atoms in total. The molecule has 2 aromatic rings. The molecular weight excluding hydrogens is 444 g/mol. The van der Waals surface area contributed by atoms with Crippen LogP contribution in [-0.2, 0) is 21.4 Å². The van der Waals surface area contributed by atoms with Crippen LogP contribution in [0.2, 0.25) is 0 Å². The summed E-state index contributed by atoms with van der Waals surface area (Å²) in [6, 6.07) is 12.4. The first-order valence-corrected chi connectivity index (χ1v) is 11.2. The smallest absolute Gasteiger partial charge is 0.267 e. The monoisotopic (exact) mass is 470 g/mol. The number of nitrogens with one attached hydrogen (secondary N) is 3. The van der Waals surface area contributed by atoms with Crippen molar-refractivity contribution in [3.05, 3.63) is 70.8 Å². The lowest BCUT2D eigenvalue weighted by atomic mass is 10.1. The van der Waals surface area contributed by atoms with Crippen molar-refractivity contribution >= 4 is 21.8 Å². The molecule has 174 valence electrons. The molecular formula is C23H26N4O5S. The summed E-state index contributed by atoms with van der Waals surface area (Å²) >= 11 is 0. The van der Waals surface area contributed by atoms with E-state index in [9.17, 15) is 18.0 Å². The summed E-state index contributed by atoms with van der Waals surface area (Å²) in [7, 11) is -3.27. The number of sulfonamides is 1. The Morgan fingerprint density at radius 2 is 1.70 bits per heavy atom. The van der Waals surface area contributed by atoms with Crippen LogP contribution >= 0.6 is 0 Å². The molecule has 2 amide bonds. The molecule has 0 radical (unpaired) electrons. The van der Waals surface area contributed by atoms with E-state index in [2.05, 4.69) is 33.7 Å².